The lowest BCUT2D eigenvalue weighted by Crippen LogP contribution is -2.40. The molecule has 0 aliphatic rings. The second-order valence-electron chi connectivity index (χ2n) is 4.42. The zero-order chi connectivity index (χ0) is 15.7. The van der Waals surface area contributed by atoms with Crippen molar-refractivity contribution < 1.29 is 23.8 Å². The summed E-state index contributed by atoms with van der Waals surface area (Å²) in [5, 5.41) is 11.4. The number of methoxy groups -OCH3 is 1. The Labute approximate surface area is 122 Å². The van der Waals surface area contributed by atoms with Crippen LogP contribution in [0, 0.1) is 5.82 Å². The highest BCUT2D eigenvalue weighted by molar-refractivity contribution is 5.94. The average molecular weight is 295 g/mol. The largest absolute Gasteiger partial charge is 0.480 e. The van der Waals surface area contributed by atoms with E-state index in [9.17, 15) is 14.0 Å². The Morgan fingerprint density at radius 2 is 2.24 bits per heavy atom. The highest BCUT2D eigenvalue weighted by Gasteiger charge is 2.18. The smallest absolute Gasteiger partial charge is 0.326 e. The van der Waals surface area contributed by atoms with E-state index in [1.54, 1.807) is 6.07 Å². The van der Waals surface area contributed by atoms with Crippen molar-refractivity contribution in [3.8, 4) is 0 Å². The van der Waals surface area contributed by atoms with Crippen LogP contribution in [0.3, 0.4) is 0 Å². The lowest BCUT2D eigenvalue weighted by atomic mass is 10.1. The van der Waals surface area contributed by atoms with Crippen LogP contribution in [-0.4, -0.2) is 36.7 Å². The maximum absolute atomic E-state index is 13.0. The average Bonchev–Trinajstić information content (AvgIpc) is 2.44. The van der Waals surface area contributed by atoms with Gasteiger partial charge in [-0.25, -0.2) is 9.18 Å². The van der Waals surface area contributed by atoms with Crippen LogP contribution in [0.15, 0.2) is 30.3 Å². The predicted octanol–water partition coefficient (Wildman–Crippen LogP) is 1.83. The van der Waals surface area contributed by atoms with Crippen LogP contribution in [0.5, 0.6) is 0 Å². The van der Waals surface area contributed by atoms with Gasteiger partial charge in [0.25, 0.3) is 0 Å². The van der Waals surface area contributed by atoms with Crippen LogP contribution in [0.1, 0.15) is 18.4 Å². The summed E-state index contributed by atoms with van der Waals surface area (Å²) in [6.45, 7) is 0.429. The molecule has 114 valence electrons. The highest BCUT2D eigenvalue weighted by Crippen LogP contribution is 2.05. The van der Waals surface area contributed by atoms with E-state index in [1.165, 1.54) is 37.5 Å². The molecule has 1 atom stereocenters. The van der Waals surface area contributed by atoms with Gasteiger partial charge in [-0.05, 0) is 36.6 Å². The first-order valence-corrected chi connectivity index (χ1v) is 6.49. The van der Waals surface area contributed by atoms with Crippen LogP contribution in [0.2, 0.25) is 0 Å². The van der Waals surface area contributed by atoms with Crippen molar-refractivity contribution in [3.63, 3.8) is 0 Å². The Kier molecular flexibility index (Phi) is 7.11. The fraction of sp³-hybridized carbons (Fsp3) is 0.333. The molecule has 0 heterocycles. The molecule has 0 fully saturated rings. The van der Waals surface area contributed by atoms with Gasteiger partial charge in [0.2, 0.25) is 5.91 Å². The number of halogens is 1. The number of hydrogen-bond donors (Lipinski definition) is 2. The number of ether oxygens (including phenoxy) is 1. The lowest BCUT2D eigenvalue weighted by molar-refractivity contribution is -0.141. The summed E-state index contributed by atoms with van der Waals surface area (Å²) in [5.41, 5.74) is 0.524. The zero-order valence-electron chi connectivity index (χ0n) is 11.7. The second-order valence-corrected chi connectivity index (χ2v) is 4.42. The van der Waals surface area contributed by atoms with Gasteiger partial charge in [-0.1, -0.05) is 12.1 Å². The fourth-order valence-corrected chi connectivity index (χ4v) is 1.69. The van der Waals surface area contributed by atoms with Gasteiger partial charge >= 0.3 is 5.97 Å². The minimum atomic E-state index is -1.10. The number of rotatable bonds is 8. The Hall–Kier alpha value is -2.21. The summed E-state index contributed by atoms with van der Waals surface area (Å²) in [6.07, 6.45) is 3.41. The fourth-order valence-electron chi connectivity index (χ4n) is 1.69. The molecular formula is C15H18FNO4. The van der Waals surface area contributed by atoms with Gasteiger partial charge in [-0.15, -0.1) is 0 Å². The number of carbonyl (C=O) groups is 2. The molecule has 1 aromatic rings. The molecule has 0 aromatic heterocycles. The summed E-state index contributed by atoms with van der Waals surface area (Å²) in [7, 11) is 1.52. The van der Waals surface area contributed by atoms with Crippen LogP contribution in [-0.2, 0) is 14.3 Å². The quantitative estimate of drug-likeness (QED) is 0.567. The number of hydrogen-bond acceptors (Lipinski definition) is 3. The molecule has 1 aromatic carbocycles. The first kappa shape index (κ1) is 16.8. The SMILES string of the molecule is COCCCC(NC(=O)/C=C/c1cccc(F)c1)C(=O)O. The van der Waals surface area contributed by atoms with Crippen molar-refractivity contribution >= 4 is 18.0 Å². The van der Waals surface area contributed by atoms with Crippen LogP contribution in [0.4, 0.5) is 4.39 Å². The van der Waals surface area contributed by atoms with Crippen molar-refractivity contribution in [2.24, 2.45) is 0 Å². The van der Waals surface area contributed by atoms with Crippen molar-refractivity contribution in [1.82, 2.24) is 5.32 Å². The molecule has 0 aliphatic heterocycles. The standard InChI is InChI=1S/C15H18FNO4/c1-21-9-3-6-13(15(19)20)17-14(18)8-7-11-4-2-5-12(16)10-11/h2,4-5,7-8,10,13H,3,6,9H2,1H3,(H,17,18)(H,19,20)/b8-7+. The molecule has 21 heavy (non-hydrogen) atoms. The molecule has 5 nitrogen and oxygen atoms in total. The number of carboxylic acids is 1. The minimum Gasteiger partial charge on any atom is -0.480 e. The number of amides is 1. The van der Waals surface area contributed by atoms with E-state index in [1.807, 2.05) is 0 Å². The first-order chi connectivity index (χ1) is 10.0. The van der Waals surface area contributed by atoms with E-state index >= 15 is 0 Å². The second kappa shape index (κ2) is 8.86. The lowest BCUT2D eigenvalue weighted by Gasteiger charge is -2.12. The van der Waals surface area contributed by atoms with Gasteiger partial charge in [-0.3, -0.25) is 4.79 Å². The number of carbonyl (C=O) groups excluding carboxylic acids is 1. The third kappa shape index (κ3) is 6.67. The minimum absolute atomic E-state index is 0.280. The van der Waals surface area contributed by atoms with Gasteiger partial charge < -0.3 is 15.2 Å². The molecule has 6 heteroatoms. The van der Waals surface area contributed by atoms with Gasteiger partial charge in [0.15, 0.2) is 0 Å². The summed E-state index contributed by atoms with van der Waals surface area (Å²) in [4.78, 5) is 22.7. The molecule has 1 amide bonds. The van der Waals surface area contributed by atoms with E-state index in [-0.39, 0.29) is 6.42 Å². The van der Waals surface area contributed by atoms with Gasteiger partial charge in [-0.2, -0.15) is 0 Å². The molecule has 1 unspecified atom stereocenters. The van der Waals surface area contributed by atoms with Crippen LogP contribution >= 0.6 is 0 Å². The molecule has 0 saturated carbocycles. The molecule has 0 radical (unpaired) electrons. The normalized spacial score (nSPS) is 12.3. The number of benzene rings is 1. The third-order valence-electron chi connectivity index (χ3n) is 2.73. The van der Waals surface area contributed by atoms with Crippen LogP contribution in [0.25, 0.3) is 6.08 Å². The van der Waals surface area contributed by atoms with E-state index in [0.717, 1.165) is 0 Å². The maximum Gasteiger partial charge on any atom is 0.326 e. The molecular weight excluding hydrogens is 277 g/mol. The van der Waals surface area contributed by atoms with E-state index in [2.05, 4.69) is 5.32 Å². The van der Waals surface area contributed by atoms with E-state index in [0.29, 0.717) is 18.6 Å². The Balaban J connectivity index is 2.55. The molecule has 0 spiro atoms. The van der Waals surface area contributed by atoms with Crippen molar-refractivity contribution in [2.45, 2.75) is 18.9 Å². The number of nitrogens with one attached hydrogen (secondary N) is 1. The van der Waals surface area contributed by atoms with E-state index in [4.69, 9.17) is 9.84 Å². The molecule has 2 N–H and O–H groups in total. The number of carboxylic acid groups (broad SMARTS) is 1. The van der Waals surface area contributed by atoms with Gasteiger partial charge in [0, 0.05) is 19.8 Å². The summed E-state index contributed by atoms with van der Waals surface area (Å²) < 4.78 is 17.8. The molecule has 0 saturated heterocycles. The maximum atomic E-state index is 13.0. The zero-order valence-corrected chi connectivity index (χ0v) is 11.7. The predicted molar refractivity (Wildman–Crippen MR) is 76.1 cm³/mol. The summed E-state index contributed by atoms with van der Waals surface area (Å²) in [5.74, 6) is -2.04. The van der Waals surface area contributed by atoms with Gasteiger partial charge in [0.05, 0.1) is 0 Å². The highest BCUT2D eigenvalue weighted by atomic mass is 19.1. The first-order valence-electron chi connectivity index (χ1n) is 6.49. The van der Waals surface area contributed by atoms with Crippen molar-refractivity contribution in [2.75, 3.05) is 13.7 Å². The Morgan fingerprint density at radius 3 is 2.86 bits per heavy atom. The number of aliphatic carboxylic acids is 1. The molecule has 0 aliphatic carbocycles. The monoisotopic (exact) mass is 295 g/mol. The van der Waals surface area contributed by atoms with Crippen molar-refractivity contribution in [1.29, 1.82) is 0 Å². The third-order valence-corrected chi connectivity index (χ3v) is 2.73. The summed E-state index contributed by atoms with van der Waals surface area (Å²) in [6, 6.07) is 4.77. The topological polar surface area (TPSA) is 75.6 Å². The molecule has 1 rings (SSSR count). The van der Waals surface area contributed by atoms with E-state index < -0.39 is 23.7 Å². The van der Waals surface area contributed by atoms with Gasteiger partial charge in [0.1, 0.15) is 11.9 Å². The Morgan fingerprint density at radius 1 is 1.48 bits per heavy atom. The summed E-state index contributed by atoms with van der Waals surface area (Å²) >= 11 is 0. The van der Waals surface area contributed by atoms with Crippen LogP contribution < -0.4 is 5.32 Å². The van der Waals surface area contributed by atoms with Crippen molar-refractivity contribution in [3.05, 3.63) is 41.7 Å². The molecule has 0 bridgehead atoms. The Bertz CT molecular complexity index is 516.